The zero-order valence-corrected chi connectivity index (χ0v) is 55.5. The van der Waals surface area contributed by atoms with Gasteiger partial charge in [0.2, 0.25) is 53.2 Å². The number of carbonyl (C=O) groups is 13. The Kier molecular flexibility index (Phi) is 32.8. The normalized spacial score (nSPS) is 24.5. The van der Waals surface area contributed by atoms with Gasteiger partial charge in [-0.2, -0.15) is 0 Å². The van der Waals surface area contributed by atoms with Crippen molar-refractivity contribution >= 4 is 82.5 Å². The third kappa shape index (κ3) is 26.4. The summed E-state index contributed by atoms with van der Waals surface area (Å²) in [6.07, 6.45) is 3.72. The van der Waals surface area contributed by atoms with Crippen molar-refractivity contribution in [3.05, 3.63) is 53.6 Å². The van der Waals surface area contributed by atoms with E-state index in [4.69, 9.17) is 27.7 Å². The number of ether oxygens (including phenoxy) is 1. The van der Waals surface area contributed by atoms with Crippen molar-refractivity contribution in [3.63, 3.8) is 0 Å². The summed E-state index contributed by atoms with van der Waals surface area (Å²) in [7, 11) is 1.26. The molecule has 0 spiro atoms. The second-order valence-electron chi connectivity index (χ2n) is 25.2. The fraction of sp³-hybridized carbons (Fsp3) is 0.609. The first kappa shape index (κ1) is 78.5. The smallest absolute Gasteiger partial charge is 0.313 e. The van der Waals surface area contributed by atoms with Gasteiger partial charge in [-0.1, -0.05) is 72.9 Å². The van der Waals surface area contributed by atoms with E-state index < -0.39 is 149 Å². The van der Waals surface area contributed by atoms with Crippen molar-refractivity contribution in [2.24, 2.45) is 46.6 Å². The van der Waals surface area contributed by atoms with Gasteiger partial charge in [-0.15, -0.1) is 0 Å². The molecule has 0 saturated heterocycles. The number of hydrazine groups is 1. The maximum absolute atomic E-state index is 14.7. The van der Waals surface area contributed by atoms with Crippen LogP contribution in [0.4, 0.5) is 5.69 Å². The van der Waals surface area contributed by atoms with Gasteiger partial charge in [0.1, 0.15) is 53.8 Å². The average molecular weight is 1330 g/mol. The molecule has 1 aliphatic heterocycles. The summed E-state index contributed by atoms with van der Waals surface area (Å²) in [5.41, 5.74) is 28.5. The number of phenols is 1. The summed E-state index contributed by atoms with van der Waals surface area (Å²) < 4.78 is 5.34. The average Bonchev–Trinajstić information content (AvgIpc) is 1.11. The molecule has 0 unspecified atom stereocenters. The Morgan fingerprint density at radius 1 is 0.547 bits per heavy atom. The van der Waals surface area contributed by atoms with Crippen molar-refractivity contribution < 1.29 is 72.2 Å². The Morgan fingerprint density at radius 2 is 1.09 bits per heavy atom. The number of nitrogens with two attached hydrogens (primary N) is 4. The number of unbranched alkanes of at least 4 members (excludes halogenated alkanes) is 1. The third-order valence-electron chi connectivity index (χ3n) is 16.3. The molecule has 2 aliphatic rings. The van der Waals surface area contributed by atoms with E-state index in [1.165, 1.54) is 31.4 Å². The highest BCUT2D eigenvalue weighted by Gasteiger charge is 2.39. The minimum absolute atomic E-state index is 0.00119. The van der Waals surface area contributed by atoms with E-state index in [0.29, 0.717) is 44.1 Å². The van der Waals surface area contributed by atoms with Crippen LogP contribution in [0, 0.1) is 23.7 Å². The molecule has 4 rings (SSSR count). The van der Waals surface area contributed by atoms with Crippen molar-refractivity contribution in [2.75, 3.05) is 32.1 Å². The number of phenolic OH excluding ortho intramolecular Hbond substituents is 1. The van der Waals surface area contributed by atoms with Crippen LogP contribution in [-0.4, -0.2) is 163 Å². The lowest BCUT2D eigenvalue weighted by molar-refractivity contribution is -0.138. The standard InChI is InChI=1S/C64H100N16O15/c1-34(2)31-46-56(86)69-29-13-17-42(66)54(84)76-50(35(3)4)60(90)72-45(25-27-49(68)82)59(89)78-52(38-15-9-8-10-16-38)62(92)77-51(36(5)6)61(91)75-47(32-37-20-23-40(81)24-21-37)57(87)70-30-14-18-43(67)55(85)80-79-53(83)41-33-39(22-26-48(41)95-7)71-63(93)64(94)73-44(58(88)74-46)19-11-12-28-65/h20-24,26,33-36,38,42-47,50-52,81H,8-19,25,27-32,65-67H2,1-7H3,(H2,68,82)(H,69,86)(H,70,87)(H,71,93)(H,72,90)(H,73,94)(H,74,88)(H,75,91)(H,76,84)(H,77,92)(H,78,89)(H,79,83)(H,80,85)/t42-,43-,44-,45-,46-,47-,50-,51-,52-/m0/s1. The number of hydrogen-bond donors (Lipinski definition) is 17. The van der Waals surface area contributed by atoms with Crippen LogP contribution >= 0.6 is 0 Å². The number of anilines is 1. The zero-order valence-electron chi connectivity index (χ0n) is 55.5. The van der Waals surface area contributed by atoms with E-state index in [1.54, 1.807) is 39.8 Å². The molecule has 2 bridgehead atoms. The number of amides is 13. The molecule has 1 fully saturated rings. The fourth-order valence-corrected chi connectivity index (χ4v) is 10.8. The number of aromatic hydroxyl groups is 1. The first-order valence-corrected chi connectivity index (χ1v) is 32.6. The predicted molar refractivity (Wildman–Crippen MR) is 350 cm³/mol. The van der Waals surface area contributed by atoms with Crippen molar-refractivity contribution in [2.45, 2.75) is 199 Å². The molecule has 526 valence electrons. The maximum Gasteiger partial charge on any atom is 0.313 e. The lowest BCUT2D eigenvalue weighted by Gasteiger charge is -2.33. The number of fused-ring (bicyclic) bond motifs is 2. The van der Waals surface area contributed by atoms with Crippen LogP contribution in [0.3, 0.4) is 0 Å². The molecule has 95 heavy (non-hydrogen) atoms. The summed E-state index contributed by atoms with van der Waals surface area (Å²) >= 11 is 0. The molecule has 21 N–H and O–H groups in total. The SMILES string of the molecule is COc1ccc2cc1C(=O)NNC(=O)[C@@H](N)CCCNC(=O)[C@H](Cc1ccc(O)cc1)NC(=O)[C@H](C(C)C)NC(=O)[C@H](C1CCCCC1)NC(=O)[C@H](CCC(N)=O)NC(=O)[C@H](C(C)C)NC(=O)[C@@H](N)CCCNC(=O)[C@H](CC(C)C)NC(=O)[C@H](CCCCN)NC(=O)C(=O)N2. The summed E-state index contributed by atoms with van der Waals surface area (Å²) in [5.74, 6) is -12.8. The van der Waals surface area contributed by atoms with Gasteiger partial charge in [0.05, 0.1) is 24.8 Å². The summed E-state index contributed by atoms with van der Waals surface area (Å²) in [6, 6.07) is -1.76. The highest BCUT2D eigenvalue weighted by molar-refractivity contribution is 6.40. The molecule has 0 aromatic heterocycles. The molecule has 9 atom stereocenters. The molecule has 2 aromatic rings. The lowest BCUT2D eigenvalue weighted by atomic mass is 9.83. The van der Waals surface area contributed by atoms with Crippen LogP contribution in [0.2, 0.25) is 0 Å². The minimum atomic E-state index is -1.47. The molecule has 13 amide bonds. The minimum Gasteiger partial charge on any atom is -0.508 e. The number of benzene rings is 2. The first-order chi connectivity index (χ1) is 45.0. The Bertz CT molecular complexity index is 2980. The van der Waals surface area contributed by atoms with Crippen LogP contribution in [0.1, 0.15) is 154 Å². The summed E-state index contributed by atoms with van der Waals surface area (Å²) in [5, 5.41) is 36.7. The molecule has 31 heteroatoms. The molecular weight excluding hydrogens is 1230 g/mol. The van der Waals surface area contributed by atoms with Gasteiger partial charge in [0.25, 0.3) is 11.8 Å². The molecular formula is C64H100N16O15. The van der Waals surface area contributed by atoms with E-state index in [-0.39, 0.29) is 106 Å². The second-order valence-corrected chi connectivity index (χ2v) is 25.2. The zero-order chi connectivity index (χ0) is 70.5. The molecule has 2 aromatic carbocycles. The Hall–Kier alpha value is -8.97. The van der Waals surface area contributed by atoms with Gasteiger partial charge in [-0.05, 0) is 137 Å². The molecule has 1 saturated carbocycles. The van der Waals surface area contributed by atoms with E-state index in [2.05, 4.69) is 64.0 Å². The number of nitrogens with one attached hydrogen (secondary N) is 12. The van der Waals surface area contributed by atoms with Crippen LogP contribution in [0.25, 0.3) is 0 Å². The molecule has 1 heterocycles. The number of hydrogen-bond acceptors (Lipinski definition) is 18. The van der Waals surface area contributed by atoms with Crippen molar-refractivity contribution in [1.29, 1.82) is 0 Å². The number of primary amides is 1. The quantitative estimate of drug-likeness (QED) is 0.0715. The highest BCUT2D eigenvalue weighted by atomic mass is 16.5. The van der Waals surface area contributed by atoms with Gasteiger partial charge in [-0.3, -0.25) is 73.2 Å². The summed E-state index contributed by atoms with van der Waals surface area (Å²) in [4.78, 5) is 179. The van der Waals surface area contributed by atoms with Gasteiger partial charge in [-0.25, -0.2) is 0 Å². The van der Waals surface area contributed by atoms with Crippen molar-refractivity contribution in [3.8, 4) is 11.5 Å². The number of methoxy groups -OCH3 is 1. The van der Waals surface area contributed by atoms with Gasteiger partial charge in [0, 0.05) is 31.6 Å². The Morgan fingerprint density at radius 3 is 1.66 bits per heavy atom. The van der Waals surface area contributed by atoms with E-state index in [1.807, 2.05) is 13.8 Å². The van der Waals surface area contributed by atoms with Crippen LogP contribution in [-0.2, 0) is 64.0 Å². The maximum atomic E-state index is 14.7. The second kappa shape index (κ2) is 39.7. The molecule has 31 nitrogen and oxygen atoms in total. The number of rotatable bonds is 15. The van der Waals surface area contributed by atoms with E-state index in [9.17, 15) is 67.4 Å². The molecule has 1 aliphatic carbocycles. The van der Waals surface area contributed by atoms with Crippen LogP contribution in [0.15, 0.2) is 42.5 Å². The Balaban J connectivity index is 1.68. The first-order valence-electron chi connectivity index (χ1n) is 32.6. The summed E-state index contributed by atoms with van der Waals surface area (Å²) in [6.45, 7) is 10.4. The van der Waals surface area contributed by atoms with E-state index >= 15 is 0 Å². The van der Waals surface area contributed by atoms with Crippen LogP contribution in [0.5, 0.6) is 11.5 Å². The fourth-order valence-electron chi connectivity index (χ4n) is 10.8. The van der Waals surface area contributed by atoms with Crippen LogP contribution < -0.4 is 91.7 Å². The van der Waals surface area contributed by atoms with Gasteiger partial charge < -0.3 is 85.9 Å². The topological polar surface area (TPSA) is 500 Å². The van der Waals surface area contributed by atoms with Crippen molar-refractivity contribution in [1.82, 2.24) is 58.7 Å². The lowest BCUT2D eigenvalue weighted by Crippen LogP contribution is -2.62. The van der Waals surface area contributed by atoms with E-state index in [0.717, 1.165) is 12.5 Å². The highest BCUT2D eigenvalue weighted by Crippen LogP contribution is 2.28. The largest absolute Gasteiger partial charge is 0.508 e. The predicted octanol–water partition coefficient (Wildman–Crippen LogP) is -1.47. The van der Waals surface area contributed by atoms with Gasteiger partial charge >= 0.3 is 11.8 Å². The van der Waals surface area contributed by atoms with Gasteiger partial charge in [0.15, 0.2) is 0 Å². The monoisotopic (exact) mass is 1330 g/mol. The molecule has 0 radical (unpaired) electrons. The Labute approximate surface area is 553 Å². The number of carbonyl (C=O) groups excluding carboxylic acids is 13. The third-order valence-corrected chi connectivity index (χ3v) is 16.3.